The number of carbonyl (C=O) groups is 1. The third kappa shape index (κ3) is 4.86. The van der Waals surface area contributed by atoms with Crippen LogP contribution in [0.5, 0.6) is 0 Å². The van der Waals surface area contributed by atoms with E-state index in [0.717, 1.165) is 16.2 Å². The van der Waals surface area contributed by atoms with Crippen molar-refractivity contribution in [2.24, 2.45) is 4.40 Å². The number of nitro groups is 1. The molecule has 154 valence electrons. The lowest BCUT2D eigenvalue weighted by Crippen LogP contribution is -2.29. The normalized spacial score (nSPS) is 17.0. The van der Waals surface area contributed by atoms with E-state index in [0.29, 0.717) is 5.56 Å². The number of halogens is 1. The van der Waals surface area contributed by atoms with Crippen LogP contribution in [0.4, 0.5) is 5.69 Å². The second-order valence-corrected chi connectivity index (χ2v) is 9.50. The smallest absolute Gasteiger partial charge is 0.282 e. The summed E-state index contributed by atoms with van der Waals surface area (Å²) >= 11 is 4.13. The molecule has 3 rings (SSSR count). The molecule has 1 heterocycles. The maximum atomic E-state index is 12.8. The van der Waals surface area contributed by atoms with Crippen LogP contribution in [-0.2, 0) is 14.8 Å². The molecule has 0 aliphatic carbocycles. The second-order valence-electron chi connectivity index (χ2n) is 5.97. The van der Waals surface area contributed by atoms with Gasteiger partial charge in [-0.15, -0.1) is 11.0 Å². The second kappa shape index (κ2) is 8.94. The zero-order valence-corrected chi connectivity index (χ0v) is 18.5. The zero-order valence-electron chi connectivity index (χ0n) is 15.3. The highest BCUT2D eigenvalue weighted by Crippen LogP contribution is 2.34. The van der Waals surface area contributed by atoms with Crippen LogP contribution in [0, 0.1) is 10.1 Å². The number of hydrogen-bond acceptors (Lipinski definition) is 6. The molecule has 0 atom stereocenters. The zero-order chi connectivity index (χ0) is 21.9. The van der Waals surface area contributed by atoms with Crippen LogP contribution in [0.25, 0.3) is 6.08 Å². The van der Waals surface area contributed by atoms with Gasteiger partial charge in [-0.25, -0.2) is 0 Å². The molecule has 1 amide bonds. The first kappa shape index (κ1) is 21.9. The van der Waals surface area contributed by atoms with Crippen molar-refractivity contribution in [1.82, 2.24) is 4.90 Å². The van der Waals surface area contributed by atoms with E-state index in [1.54, 1.807) is 18.2 Å². The monoisotopic (exact) mass is 507 g/mol. The van der Waals surface area contributed by atoms with Crippen LogP contribution in [0.2, 0.25) is 0 Å². The van der Waals surface area contributed by atoms with Gasteiger partial charge in [-0.1, -0.05) is 34.1 Å². The number of thioether (sulfide) groups is 1. The Balaban J connectivity index is 1.99. The van der Waals surface area contributed by atoms with Crippen molar-refractivity contribution in [1.29, 1.82) is 0 Å². The fourth-order valence-electron chi connectivity index (χ4n) is 2.51. The largest absolute Gasteiger partial charge is 0.284 e. The molecule has 0 N–H and O–H groups in total. The molecule has 1 aliphatic heterocycles. The molecule has 0 saturated carbocycles. The molecule has 0 bridgehead atoms. The molecule has 0 unspecified atom stereocenters. The number of carbonyl (C=O) groups excluding carboxylic acids is 1. The molecule has 0 aromatic heterocycles. The quantitative estimate of drug-likeness (QED) is 0.250. The van der Waals surface area contributed by atoms with Gasteiger partial charge in [-0.3, -0.25) is 19.8 Å². The average Bonchev–Trinajstić information content (AvgIpc) is 2.97. The summed E-state index contributed by atoms with van der Waals surface area (Å²) in [6.07, 6.45) is 2.92. The number of sulfonamides is 1. The van der Waals surface area contributed by atoms with E-state index in [2.05, 4.69) is 26.9 Å². The van der Waals surface area contributed by atoms with Crippen LogP contribution >= 0.6 is 27.7 Å². The van der Waals surface area contributed by atoms with Crippen LogP contribution in [0.15, 0.2) is 79.9 Å². The maximum absolute atomic E-state index is 12.8. The van der Waals surface area contributed by atoms with Gasteiger partial charge in [-0.2, -0.15) is 8.42 Å². The van der Waals surface area contributed by atoms with Crippen LogP contribution in [0.1, 0.15) is 5.56 Å². The topological polar surface area (TPSA) is 110 Å². The number of benzene rings is 2. The lowest BCUT2D eigenvalue weighted by Gasteiger charge is -2.12. The van der Waals surface area contributed by atoms with Crippen LogP contribution in [-0.4, -0.2) is 35.9 Å². The molecular weight excluding hydrogens is 494 g/mol. The van der Waals surface area contributed by atoms with Gasteiger partial charge in [0.05, 0.1) is 14.7 Å². The van der Waals surface area contributed by atoms with E-state index >= 15 is 0 Å². The van der Waals surface area contributed by atoms with Gasteiger partial charge in [0, 0.05) is 23.2 Å². The SMILES string of the molecule is C=CCN1C(=O)C(=Cc2cccc([N+](=O)[O-])c2)SC1=NS(=O)(=O)c1ccc(Br)cc1. The van der Waals surface area contributed by atoms with Gasteiger partial charge >= 0.3 is 0 Å². The molecule has 0 radical (unpaired) electrons. The number of amidine groups is 1. The van der Waals surface area contributed by atoms with E-state index in [4.69, 9.17) is 0 Å². The van der Waals surface area contributed by atoms with Gasteiger partial charge in [-0.05, 0) is 47.7 Å². The molecule has 1 aliphatic rings. The van der Waals surface area contributed by atoms with Crippen molar-refractivity contribution in [3.8, 4) is 0 Å². The number of non-ortho nitro benzene ring substituents is 1. The molecule has 30 heavy (non-hydrogen) atoms. The molecular formula is C19H14BrN3O5S2. The third-order valence-electron chi connectivity index (χ3n) is 3.89. The summed E-state index contributed by atoms with van der Waals surface area (Å²) in [6, 6.07) is 11.7. The highest BCUT2D eigenvalue weighted by molar-refractivity contribution is 9.10. The van der Waals surface area contributed by atoms with E-state index in [1.165, 1.54) is 47.4 Å². The Morgan fingerprint density at radius 3 is 2.57 bits per heavy atom. The highest BCUT2D eigenvalue weighted by Gasteiger charge is 2.34. The van der Waals surface area contributed by atoms with Crippen molar-refractivity contribution < 1.29 is 18.1 Å². The lowest BCUT2D eigenvalue weighted by atomic mass is 10.2. The molecule has 1 fully saturated rings. The Morgan fingerprint density at radius 2 is 1.93 bits per heavy atom. The Kier molecular flexibility index (Phi) is 6.54. The standard InChI is InChI=1S/C19H14BrN3O5S2/c1-2-10-22-18(24)17(12-13-4-3-5-15(11-13)23(25)26)29-19(22)21-30(27,28)16-8-6-14(20)7-9-16/h2-9,11-12H,1,10H2. The summed E-state index contributed by atoms with van der Waals surface area (Å²) in [6.45, 7) is 3.65. The van der Waals surface area contributed by atoms with Gasteiger partial charge in [0.2, 0.25) is 0 Å². The Bertz CT molecular complexity index is 1190. The van der Waals surface area contributed by atoms with E-state index in [-0.39, 0.29) is 27.2 Å². The van der Waals surface area contributed by atoms with Crippen molar-refractivity contribution >= 4 is 60.6 Å². The predicted octanol–water partition coefficient (Wildman–Crippen LogP) is 4.20. The summed E-state index contributed by atoms with van der Waals surface area (Å²) in [5.41, 5.74) is 0.324. The number of amides is 1. The molecule has 2 aromatic rings. The van der Waals surface area contributed by atoms with E-state index in [1.807, 2.05) is 0 Å². The molecule has 8 nitrogen and oxygen atoms in total. The third-order valence-corrected chi connectivity index (χ3v) is 6.82. The Labute approximate surface area is 185 Å². The average molecular weight is 508 g/mol. The Hall–Kier alpha value is -2.76. The minimum absolute atomic E-state index is 0.0130. The molecule has 0 spiro atoms. The highest BCUT2D eigenvalue weighted by atomic mass is 79.9. The van der Waals surface area contributed by atoms with Crippen molar-refractivity contribution in [3.63, 3.8) is 0 Å². The van der Waals surface area contributed by atoms with Gasteiger partial charge in [0.15, 0.2) is 5.17 Å². The van der Waals surface area contributed by atoms with Crippen LogP contribution < -0.4 is 0 Å². The van der Waals surface area contributed by atoms with Gasteiger partial charge in [0.25, 0.3) is 21.6 Å². The van der Waals surface area contributed by atoms with Crippen molar-refractivity contribution in [2.75, 3.05) is 6.54 Å². The first-order valence-corrected chi connectivity index (χ1v) is 11.4. The summed E-state index contributed by atoms with van der Waals surface area (Å²) in [5, 5.41) is 10.9. The Morgan fingerprint density at radius 1 is 1.23 bits per heavy atom. The maximum Gasteiger partial charge on any atom is 0.284 e. The molecule has 2 aromatic carbocycles. The van der Waals surface area contributed by atoms with E-state index < -0.39 is 20.9 Å². The first-order chi connectivity index (χ1) is 14.2. The number of nitro benzene ring substituents is 1. The minimum atomic E-state index is -4.05. The lowest BCUT2D eigenvalue weighted by molar-refractivity contribution is -0.384. The van der Waals surface area contributed by atoms with Gasteiger partial charge in [0.1, 0.15) is 0 Å². The fraction of sp³-hybridized carbons (Fsp3) is 0.0526. The van der Waals surface area contributed by atoms with E-state index in [9.17, 15) is 23.3 Å². The van der Waals surface area contributed by atoms with Crippen molar-refractivity contribution in [2.45, 2.75) is 4.90 Å². The first-order valence-electron chi connectivity index (χ1n) is 8.38. The number of nitrogens with zero attached hydrogens (tertiary/aromatic N) is 3. The summed E-state index contributed by atoms with van der Waals surface area (Å²) in [7, 11) is -4.05. The summed E-state index contributed by atoms with van der Waals surface area (Å²) in [4.78, 5) is 24.6. The summed E-state index contributed by atoms with van der Waals surface area (Å²) < 4.78 is 29.9. The molecule has 11 heteroatoms. The minimum Gasteiger partial charge on any atom is -0.282 e. The number of hydrogen-bond donors (Lipinski definition) is 0. The number of rotatable bonds is 6. The predicted molar refractivity (Wildman–Crippen MR) is 119 cm³/mol. The van der Waals surface area contributed by atoms with Crippen LogP contribution in [0.3, 0.4) is 0 Å². The fourth-order valence-corrected chi connectivity index (χ4v) is 4.96. The molecule has 1 saturated heterocycles. The van der Waals surface area contributed by atoms with Gasteiger partial charge < -0.3 is 0 Å². The summed E-state index contributed by atoms with van der Waals surface area (Å²) in [5.74, 6) is -0.462. The van der Waals surface area contributed by atoms with Crippen molar-refractivity contribution in [3.05, 3.63) is 86.2 Å².